The molecule has 0 heterocycles. The van der Waals surface area contributed by atoms with E-state index in [0.717, 1.165) is 18.2 Å². The number of nitro benzene ring substituents is 1. The number of nitro groups is 1. The van der Waals surface area contributed by atoms with Crippen LogP contribution in [-0.2, 0) is 4.79 Å². The average molecular weight is 357 g/mol. The summed E-state index contributed by atoms with van der Waals surface area (Å²) in [5, 5.41) is 13.0. The molecule has 1 N–H and O–H groups in total. The maximum absolute atomic E-state index is 13.1. The molecule has 9 heteroatoms. The highest BCUT2D eigenvalue weighted by Crippen LogP contribution is 2.29. The van der Waals surface area contributed by atoms with Crippen LogP contribution in [0.25, 0.3) is 0 Å². The molecule has 0 aliphatic rings. The van der Waals surface area contributed by atoms with Crippen molar-refractivity contribution in [3.05, 3.63) is 63.2 Å². The fourth-order valence-corrected chi connectivity index (χ4v) is 1.98. The molecule has 2 rings (SSSR count). The van der Waals surface area contributed by atoms with Gasteiger partial charge in [-0.2, -0.15) is 0 Å². The van der Waals surface area contributed by atoms with Crippen molar-refractivity contribution in [3.8, 4) is 5.75 Å². The lowest BCUT2D eigenvalue weighted by Gasteiger charge is -2.15. The zero-order chi connectivity index (χ0) is 17.9. The summed E-state index contributed by atoms with van der Waals surface area (Å²) in [6.45, 7) is 1.41. The molecule has 0 aliphatic carbocycles. The number of nitrogens with zero attached hydrogens (tertiary/aromatic N) is 1. The third-order valence-corrected chi connectivity index (χ3v) is 3.28. The summed E-state index contributed by atoms with van der Waals surface area (Å²) in [6.07, 6.45) is -1.03. The zero-order valence-electron chi connectivity index (χ0n) is 12.3. The summed E-state index contributed by atoms with van der Waals surface area (Å²) >= 11 is 5.87. The topological polar surface area (TPSA) is 81.5 Å². The number of carbonyl (C=O) groups is 1. The zero-order valence-corrected chi connectivity index (χ0v) is 13.0. The summed E-state index contributed by atoms with van der Waals surface area (Å²) in [5.74, 6) is -2.68. The molecule has 126 valence electrons. The van der Waals surface area contributed by atoms with E-state index in [1.165, 1.54) is 25.1 Å². The molecule has 1 amide bonds. The highest BCUT2D eigenvalue weighted by Gasteiger charge is 2.18. The number of halogens is 3. The Labute approximate surface area is 140 Å². The third-order valence-electron chi connectivity index (χ3n) is 2.99. The molecular weight excluding hydrogens is 346 g/mol. The minimum atomic E-state index is -1.10. The van der Waals surface area contributed by atoms with Gasteiger partial charge in [-0.25, -0.2) is 8.78 Å². The molecule has 0 aromatic heterocycles. The van der Waals surface area contributed by atoms with Gasteiger partial charge in [0.25, 0.3) is 11.6 Å². The van der Waals surface area contributed by atoms with E-state index >= 15 is 0 Å². The van der Waals surface area contributed by atoms with Crippen molar-refractivity contribution in [3.63, 3.8) is 0 Å². The molecule has 0 fully saturated rings. The van der Waals surface area contributed by atoms with E-state index in [1.54, 1.807) is 0 Å². The molecular formula is C15H11ClF2N2O4. The van der Waals surface area contributed by atoms with Gasteiger partial charge in [-0.1, -0.05) is 11.6 Å². The Morgan fingerprint density at radius 2 is 1.96 bits per heavy atom. The minimum absolute atomic E-state index is 0.0309. The first-order valence-corrected chi connectivity index (χ1v) is 7.02. The monoisotopic (exact) mass is 356 g/mol. The molecule has 0 spiro atoms. The minimum Gasteiger partial charge on any atom is -0.479 e. The first kappa shape index (κ1) is 17.6. The molecule has 0 bridgehead atoms. The number of benzene rings is 2. The molecule has 24 heavy (non-hydrogen) atoms. The van der Waals surface area contributed by atoms with Crippen molar-refractivity contribution in [2.75, 3.05) is 5.32 Å². The summed E-state index contributed by atoms with van der Waals surface area (Å²) in [4.78, 5) is 22.0. The molecule has 1 unspecified atom stereocenters. The van der Waals surface area contributed by atoms with Crippen molar-refractivity contribution in [2.24, 2.45) is 0 Å². The van der Waals surface area contributed by atoms with Gasteiger partial charge < -0.3 is 10.1 Å². The van der Waals surface area contributed by atoms with E-state index in [0.29, 0.717) is 0 Å². The molecule has 2 aromatic rings. The van der Waals surface area contributed by atoms with Crippen LogP contribution in [0.4, 0.5) is 20.2 Å². The van der Waals surface area contributed by atoms with Crippen LogP contribution in [0.2, 0.25) is 5.02 Å². The van der Waals surface area contributed by atoms with E-state index < -0.39 is 28.6 Å². The number of anilines is 1. The van der Waals surface area contributed by atoms with Crippen molar-refractivity contribution in [1.29, 1.82) is 0 Å². The van der Waals surface area contributed by atoms with E-state index in [-0.39, 0.29) is 22.1 Å². The summed E-state index contributed by atoms with van der Waals surface area (Å²) in [6, 6.07) is 6.45. The number of nitrogens with one attached hydrogen (secondary N) is 1. The number of hydrogen-bond acceptors (Lipinski definition) is 4. The smallest absolute Gasteiger partial charge is 0.271 e. The Morgan fingerprint density at radius 3 is 2.54 bits per heavy atom. The van der Waals surface area contributed by atoms with Crippen LogP contribution < -0.4 is 10.1 Å². The second-order valence-corrected chi connectivity index (χ2v) is 5.16. The van der Waals surface area contributed by atoms with E-state index in [4.69, 9.17) is 16.3 Å². The summed E-state index contributed by atoms with van der Waals surface area (Å²) in [5.41, 5.74) is -0.157. The number of non-ortho nitro benzene ring substituents is 1. The van der Waals surface area contributed by atoms with Crippen molar-refractivity contribution in [2.45, 2.75) is 13.0 Å². The standard InChI is InChI=1S/C15H11ClF2N2O4/c1-8(15(21)19-9-2-4-12(17)13(18)6-9)24-14-5-3-10(20(22)23)7-11(14)16/h2-8H,1H3,(H,19,21). The van der Waals surface area contributed by atoms with Gasteiger partial charge in [0.15, 0.2) is 17.7 Å². The fraction of sp³-hybridized carbons (Fsp3) is 0.133. The second kappa shape index (κ2) is 7.22. The molecule has 2 aromatic carbocycles. The quantitative estimate of drug-likeness (QED) is 0.650. The molecule has 1 atom stereocenters. The van der Waals surface area contributed by atoms with Crippen LogP contribution in [0, 0.1) is 21.7 Å². The van der Waals surface area contributed by atoms with E-state index in [2.05, 4.69) is 5.32 Å². The average Bonchev–Trinajstić information content (AvgIpc) is 2.52. The number of carbonyl (C=O) groups excluding carboxylic acids is 1. The van der Waals surface area contributed by atoms with Gasteiger partial charge in [0.05, 0.1) is 9.95 Å². The molecule has 0 saturated heterocycles. The van der Waals surface area contributed by atoms with E-state index in [9.17, 15) is 23.7 Å². The highest BCUT2D eigenvalue weighted by molar-refractivity contribution is 6.32. The number of ether oxygens (including phenoxy) is 1. The van der Waals surface area contributed by atoms with Crippen LogP contribution >= 0.6 is 11.6 Å². The first-order chi connectivity index (χ1) is 11.3. The predicted molar refractivity (Wildman–Crippen MR) is 83.2 cm³/mol. The Morgan fingerprint density at radius 1 is 1.25 bits per heavy atom. The Balaban J connectivity index is 2.06. The van der Waals surface area contributed by atoms with Crippen molar-refractivity contribution >= 4 is 28.9 Å². The van der Waals surface area contributed by atoms with Crippen molar-refractivity contribution in [1.82, 2.24) is 0 Å². The fourth-order valence-electron chi connectivity index (χ4n) is 1.76. The highest BCUT2D eigenvalue weighted by atomic mass is 35.5. The van der Waals surface area contributed by atoms with Gasteiger partial charge in [-0.3, -0.25) is 14.9 Å². The molecule has 0 saturated carbocycles. The molecule has 0 aliphatic heterocycles. The Kier molecular flexibility index (Phi) is 5.30. The second-order valence-electron chi connectivity index (χ2n) is 4.75. The van der Waals surface area contributed by atoms with Crippen LogP contribution in [0.1, 0.15) is 6.92 Å². The third kappa shape index (κ3) is 4.17. The summed E-state index contributed by atoms with van der Waals surface area (Å²) in [7, 11) is 0. The van der Waals surface area contributed by atoms with Gasteiger partial charge in [0.2, 0.25) is 0 Å². The van der Waals surface area contributed by atoms with Crippen LogP contribution in [-0.4, -0.2) is 16.9 Å². The summed E-state index contributed by atoms with van der Waals surface area (Å²) < 4.78 is 31.3. The number of hydrogen-bond donors (Lipinski definition) is 1. The predicted octanol–water partition coefficient (Wildman–Crippen LogP) is 3.93. The van der Waals surface area contributed by atoms with Gasteiger partial charge in [-0.15, -0.1) is 0 Å². The Hall–Kier alpha value is -2.74. The van der Waals surface area contributed by atoms with Crippen LogP contribution in [0.15, 0.2) is 36.4 Å². The lowest BCUT2D eigenvalue weighted by Crippen LogP contribution is -2.30. The van der Waals surface area contributed by atoms with E-state index in [1.807, 2.05) is 0 Å². The van der Waals surface area contributed by atoms with Gasteiger partial charge in [-0.05, 0) is 25.1 Å². The first-order valence-electron chi connectivity index (χ1n) is 6.64. The van der Waals surface area contributed by atoms with Crippen LogP contribution in [0.5, 0.6) is 5.75 Å². The lowest BCUT2D eigenvalue weighted by molar-refractivity contribution is -0.384. The maximum atomic E-state index is 13.1. The largest absolute Gasteiger partial charge is 0.479 e. The Bertz CT molecular complexity index is 801. The maximum Gasteiger partial charge on any atom is 0.271 e. The molecule has 0 radical (unpaired) electrons. The SMILES string of the molecule is CC(Oc1ccc([N+](=O)[O-])cc1Cl)C(=O)Nc1ccc(F)c(F)c1. The number of rotatable bonds is 5. The lowest BCUT2D eigenvalue weighted by atomic mass is 10.2. The van der Waals surface area contributed by atoms with Crippen molar-refractivity contribution < 1.29 is 23.2 Å². The normalized spacial score (nSPS) is 11.7. The van der Waals surface area contributed by atoms with Gasteiger partial charge >= 0.3 is 0 Å². The number of amides is 1. The molecule has 6 nitrogen and oxygen atoms in total. The van der Waals surface area contributed by atoms with Gasteiger partial charge in [0, 0.05) is 23.9 Å². The van der Waals surface area contributed by atoms with Crippen LogP contribution in [0.3, 0.4) is 0 Å². The van der Waals surface area contributed by atoms with Gasteiger partial charge in [0.1, 0.15) is 5.75 Å².